The number of nitrogens with one attached hydrogen (secondary N) is 1. The monoisotopic (exact) mass is 378 g/mol. The molecule has 1 aliphatic carbocycles. The first kappa shape index (κ1) is 17.6. The van der Waals surface area contributed by atoms with Crippen LogP contribution in [-0.2, 0) is 23.1 Å². The second kappa shape index (κ2) is 7.09. The first-order valence-corrected chi connectivity index (χ1v) is 10.5. The zero-order valence-corrected chi connectivity index (χ0v) is 15.3. The van der Waals surface area contributed by atoms with E-state index in [0.29, 0.717) is 19.5 Å². The molecule has 1 aliphatic heterocycles. The molecule has 1 fully saturated rings. The molecule has 26 heavy (non-hydrogen) atoms. The van der Waals surface area contributed by atoms with Crippen molar-refractivity contribution in [2.75, 3.05) is 13.1 Å². The Bertz CT molecular complexity index is 879. The molecule has 0 amide bonds. The van der Waals surface area contributed by atoms with Crippen molar-refractivity contribution in [2.24, 2.45) is 0 Å². The van der Waals surface area contributed by atoms with Crippen molar-refractivity contribution >= 4 is 10.0 Å². The second-order valence-electron chi connectivity index (χ2n) is 7.15. The van der Waals surface area contributed by atoms with E-state index < -0.39 is 10.0 Å². The van der Waals surface area contributed by atoms with Gasteiger partial charge in [0.05, 0.1) is 17.0 Å². The largest absolute Gasteiger partial charge is 0.291 e. The normalized spacial score (nSPS) is 20.9. The van der Waals surface area contributed by atoms with Crippen LogP contribution in [-0.4, -0.2) is 41.4 Å². The topological polar surface area (TPSA) is 67.2 Å². The van der Waals surface area contributed by atoms with Crippen molar-refractivity contribution in [1.29, 1.82) is 0 Å². The molecule has 2 aliphatic rings. The Hall–Kier alpha value is -1.77. The van der Waals surface area contributed by atoms with E-state index in [4.69, 9.17) is 0 Å². The van der Waals surface area contributed by atoms with Gasteiger partial charge in [0.25, 0.3) is 0 Å². The van der Waals surface area contributed by atoms with Crippen molar-refractivity contribution in [3.63, 3.8) is 0 Å². The lowest BCUT2D eigenvalue weighted by atomic mass is 10.1. The quantitative estimate of drug-likeness (QED) is 0.801. The van der Waals surface area contributed by atoms with Gasteiger partial charge in [-0.25, -0.2) is 17.5 Å². The highest BCUT2D eigenvalue weighted by molar-refractivity contribution is 7.90. The highest BCUT2D eigenvalue weighted by Crippen LogP contribution is 2.28. The van der Waals surface area contributed by atoms with Crippen molar-refractivity contribution in [3.8, 4) is 0 Å². The third kappa shape index (κ3) is 3.97. The maximum absolute atomic E-state index is 13.4. The summed E-state index contributed by atoms with van der Waals surface area (Å²) in [4.78, 5) is 2.26. The molecule has 2 aromatic rings. The van der Waals surface area contributed by atoms with Gasteiger partial charge in [-0.05, 0) is 43.0 Å². The minimum absolute atomic E-state index is 0.101. The minimum Gasteiger partial charge on any atom is -0.291 e. The zero-order valence-electron chi connectivity index (χ0n) is 14.5. The van der Waals surface area contributed by atoms with Crippen LogP contribution in [0.15, 0.2) is 36.5 Å². The van der Waals surface area contributed by atoms with E-state index >= 15 is 0 Å². The number of hydrogen-bond acceptors (Lipinski definition) is 4. The van der Waals surface area contributed by atoms with Crippen molar-refractivity contribution < 1.29 is 12.8 Å². The van der Waals surface area contributed by atoms with Gasteiger partial charge in [0, 0.05) is 32.4 Å². The van der Waals surface area contributed by atoms with Gasteiger partial charge in [-0.3, -0.25) is 9.58 Å². The van der Waals surface area contributed by atoms with E-state index in [2.05, 4.69) is 14.7 Å². The molecular formula is C18H23FN4O2S. The summed E-state index contributed by atoms with van der Waals surface area (Å²) >= 11 is 0. The molecule has 0 unspecified atom stereocenters. The molecule has 4 rings (SSSR count). The number of rotatable bonds is 7. The Morgan fingerprint density at radius 1 is 1.27 bits per heavy atom. The van der Waals surface area contributed by atoms with Crippen molar-refractivity contribution in [3.05, 3.63) is 53.6 Å². The molecule has 8 heteroatoms. The highest BCUT2D eigenvalue weighted by Gasteiger charge is 2.35. The predicted octanol–water partition coefficient (Wildman–Crippen LogP) is 2.05. The standard InChI is InChI=1S/C18H23FN4O2S/c19-15-3-1-2-14(10-15)11-22-12-16-6-8-20-23(16)17(13-22)7-9-21-26(24,25)18-4-5-18/h1-3,6,8,10,17-18,21H,4-5,7,9,11-13H2/t17-/m0/s1. The first-order chi connectivity index (χ1) is 12.5. The number of sulfonamides is 1. The zero-order chi connectivity index (χ0) is 18.1. The maximum Gasteiger partial charge on any atom is 0.214 e. The van der Waals surface area contributed by atoms with Crippen LogP contribution in [0.3, 0.4) is 0 Å². The van der Waals surface area contributed by atoms with Gasteiger partial charge in [-0.1, -0.05) is 12.1 Å². The lowest BCUT2D eigenvalue weighted by Gasteiger charge is -2.34. The van der Waals surface area contributed by atoms with Crippen LogP contribution in [0.2, 0.25) is 0 Å². The number of fused-ring (bicyclic) bond motifs is 1. The summed E-state index contributed by atoms with van der Waals surface area (Å²) in [6.45, 7) is 2.58. The molecule has 0 saturated heterocycles. The smallest absolute Gasteiger partial charge is 0.214 e. The lowest BCUT2D eigenvalue weighted by molar-refractivity contribution is 0.162. The van der Waals surface area contributed by atoms with Crippen LogP contribution in [0.1, 0.15) is 36.6 Å². The van der Waals surface area contributed by atoms with Crippen LogP contribution in [0, 0.1) is 5.82 Å². The summed E-state index contributed by atoms with van der Waals surface area (Å²) in [5, 5.41) is 4.21. The fourth-order valence-electron chi connectivity index (χ4n) is 3.56. The number of aromatic nitrogens is 2. The number of halogens is 1. The van der Waals surface area contributed by atoms with Crippen LogP contribution in [0.4, 0.5) is 4.39 Å². The summed E-state index contributed by atoms with van der Waals surface area (Å²) < 4.78 is 42.1. The van der Waals surface area contributed by atoms with E-state index in [0.717, 1.165) is 37.2 Å². The molecule has 0 spiro atoms. The van der Waals surface area contributed by atoms with Gasteiger partial charge in [0.2, 0.25) is 10.0 Å². The molecule has 0 bridgehead atoms. The number of nitrogens with zero attached hydrogens (tertiary/aromatic N) is 3. The molecule has 6 nitrogen and oxygen atoms in total. The Balaban J connectivity index is 1.41. The van der Waals surface area contributed by atoms with E-state index in [9.17, 15) is 12.8 Å². The fourth-order valence-corrected chi connectivity index (χ4v) is 4.95. The molecule has 1 N–H and O–H groups in total. The van der Waals surface area contributed by atoms with E-state index in [1.54, 1.807) is 18.3 Å². The molecule has 1 atom stereocenters. The first-order valence-electron chi connectivity index (χ1n) is 8.99. The van der Waals surface area contributed by atoms with Crippen molar-refractivity contribution in [1.82, 2.24) is 19.4 Å². The average molecular weight is 378 g/mol. The average Bonchev–Trinajstić information content (AvgIpc) is 3.35. The van der Waals surface area contributed by atoms with Crippen LogP contribution < -0.4 is 4.72 Å². The third-order valence-corrected chi connectivity index (χ3v) is 6.95. The Morgan fingerprint density at radius 3 is 2.88 bits per heavy atom. The Morgan fingerprint density at radius 2 is 2.12 bits per heavy atom. The van der Waals surface area contributed by atoms with E-state index in [1.165, 1.54) is 6.07 Å². The van der Waals surface area contributed by atoms with Crippen LogP contribution in [0.25, 0.3) is 0 Å². The highest BCUT2D eigenvalue weighted by atomic mass is 32.2. The molecule has 1 aromatic carbocycles. The lowest BCUT2D eigenvalue weighted by Crippen LogP contribution is -2.39. The number of benzene rings is 1. The molecule has 140 valence electrons. The second-order valence-corrected chi connectivity index (χ2v) is 9.19. The molecule has 0 radical (unpaired) electrons. The van der Waals surface area contributed by atoms with Gasteiger partial charge in [-0.2, -0.15) is 5.10 Å². The van der Waals surface area contributed by atoms with Gasteiger partial charge >= 0.3 is 0 Å². The van der Waals surface area contributed by atoms with Gasteiger partial charge in [0.15, 0.2) is 0 Å². The van der Waals surface area contributed by atoms with Gasteiger partial charge in [0.1, 0.15) is 5.82 Å². The van der Waals surface area contributed by atoms with E-state index in [-0.39, 0.29) is 17.1 Å². The summed E-state index contributed by atoms with van der Waals surface area (Å²) in [6, 6.07) is 8.74. The van der Waals surface area contributed by atoms with Crippen molar-refractivity contribution in [2.45, 2.75) is 43.6 Å². The Kier molecular flexibility index (Phi) is 4.81. The summed E-state index contributed by atoms with van der Waals surface area (Å²) in [5.74, 6) is -0.226. The Labute approximate surface area is 153 Å². The number of hydrogen-bond donors (Lipinski definition) is 1. The predicted molar refractivity (Wildman–Crippen MR) is 96.3 cm³/mol. The van der Waals surface area contributed by atoms with E-state index in [1.807, 2.05) is 16.8 Å². The molecular weight excluding hydrogens is 355 g/mol. The van der Waals surface area contributed by atoms with Gasteiger partial charge in [-0.15, -0.1) is 0 Å². The SMILES string of the molecule is O=S(=O)(NCC[C@H]1CN(Cc2cccc(F)c2)Cc2ccnn21)C1CC1. The van der Waals surface area contributed by atoms with Crippen LogP contribution in [0.5, 0.6) is 0 Å². The third-order valence-electron chi connectivity index (χ3n) is 4.99. The maximum atomic E-state index is 13.4. The molecule has 1 saturated carbocycles. The van der Waals surface area contributed by atoms with Gasteiger partial charge < -0.3 is 0 Å². The summed E-state index contributed by atoms with van der Waals surface area (Å²) in [5.41, 5.74) is 2.04. The minimum atomic E-state index is -3.15. The molecule has 2 heterocycles. The fraction of sp³-hybridized carbons (Fsp3) is 0.500. The summed E-state index contributed by atoms with van der Waals surface area (Å²) in [6.07, 6.45) is 4.00. The summed E-state index contributed by atoms with van der Waals surface area (Å²) in [7, 11) is -3.15. The van der Waals surface area contributed by atoms with Crippen LogP contribution >= 0.6 is 0 Å². The molecule has 1 aromatic heterocycles.